The van der Waals surface area contributed by atoms with E-state index >= 15 is 0 Å². The molecule has 1 rings (SSSR count). The number of aliphatic hydroxyl groups excluding tert-OH is 1. The summed E-state index contributed by atoms with van der Waals surface area (Å²) in [6.45, 7) is 3.97. The molecule has 0 saturated heterocycles. The Morgan fingerprint density at radius 3 is 2.71 bits per heavy atom. The number of non-ortho nitro benzene ring substituents is 1. The number of carbonyl (C=O) groups is 1. The van der Waals surface area contributed by atoms with Crippen LogP contribution in [-0.2, 0) is 0 Å². The van der Waals surface area contributed by atoms with Gasteiger partial charge in [-0.3, -0.25) is 14.9 Å². The van der Waals surface area contributed by atoms with Gasteiger partial charge in [0.1, 0.15) is 5.82 Å². The predicted octanol–water partition coefficient (Wildman–Crippen LogP) is 0.743. The Bertz CT molecular complexity index is 534. The SMILES string of the molecule is Cc1cc([N+](=O)[O-])cc(C(=O)NCCNCC(C)O)c1F. The van der Waals surface area contributed by atoms with Crippen molar-refractivity contribution in [2.45, 2.75) is 20.0 Å². The van der Waals surface area contributed by atoms with Crippen molar-refractivity contribution in [1.29, 1.82) is 0 Å². The van der Waals surface area contributed by atoms with E-state index < -0.39 is 22.8 Å². The van der Waals surface area contributed by atoms with Crippen molar-refractivity contribution in [3.05, 3.63) is 39.2 Å². The summed E-state index contributed by atoms with van der Waals surface area (Å²) in [7, 11) is 0. The van der Waals surface area contributed by atoms with Crippen LogP contribution in [0.5, 0.6) is 0 Å². The van der Waals surface area contributed by atoms with Crippen LogP contribution in [0, 0.1) is 22.9 Å². The first-order valence-corrected chi connectivity index (χ1v) is 6.44. The van der Waals surface area contributed by atoms with Crippen molar-refractivity contribution in [1.82, 2.24) is 10.6 Å². The molecule has 0 fully saturated rings. The zero-order valence-corrected chi connectivity index (χ0v) is 11.9. The Hall–Kier alpha value is -2.06. The Morgan fingerprint density at radius 2 is 2.14 bits per heavy atom. The molecule has 0 aliphatic heterocycles. The Kier molecular flexibility index (Phi) is 6.19. The van der Waals surface area contributed by atoms with E-state index in [1.807, 2.05) is 0 Å². The van der Waals surface area contributed by atoms with Gasteiger partial charge in [-0.2, -0.15) is 0 Å². The Morgan fingerprint density at radius 1 is 1.48 bits per heavy atom. The molecule has 0 aliphatic carbocycles. The highest BCUT2D eigenvalue weighted by Gasteiger charge is 2.19. The molecule has 0 aromatic heterocycles. The molecule has 3 N–H and O–H groups in total. The molecule has 116 valence electrons. The van der Waals surface area contributed by atoms with Crippen LogP contribution >= 0.6 is 0 Å². The third-order valence-corrected chi connectivity index (χ3v) is 2.72. The molecular weight excluding hydrogens is 281 g/mol. The van der Waals surface area contributed by atoms with Gasteiger partial charge in [0.05, 0.1) is 16.6 Å². The first-order valence-electron chi connectivity index (χ1n) is 6.44. The standard InChI is InChI=1S/C13H18FN3O4/c1-8-5-10(17(20)21)6-11(12(8)14)13(19)16-4-3-15-7-9(2)18/h5-6,9,15,18H,3-4,7H2,1-2H3,(H,16,19). The molecule has 1 amide bonds. The summed E-state index contributed by atoms with van der Waals surface area (Å²) in [5, 5.41) is 25.1. The molecule has 1 aromatic carbocycles. The highest BCUT2D eigenvalue weighted by atomic mass is 19.1. The number of benzene rings is 1. The topological polar surface area (TPSA) is 104 Å². The summed E-state index contributed by atoms with van der Waals surface area (Å²) in [5.74, 6) is -1.48. The van der Waals surface area contributed by atoms with Crippen molar-refractivity contribution in [3.63, 3.8) is 0 Å². The van der Waals surface area contributed by atoms with Gasteiger partial charge in [0.2, 0.25) is 0 Å². The van der Waals surface area contributed by atoms with Gasteiger partial charge in [0, 0.05) is 31.8 Å². The van der Waals surface area contributed by atoms with E-state index in [1.165, 1.54) is 6.92 Å². The van der Waals surface area contributed by atoms with Crippen molar-refractivity contribution < 1.29 is 19.2 Å². The zero-order valence-electron chi connectivity index (χ0n) is 11.9. The maximum absolute atomic E-state index is 13.8. The number of carbonyl (C=O) groups excluding carboxylic acids is 1. The van der Waals surface area contributed by atoms with E-state index in [0.717, 1.165) is 12.1 Å². The van der Waals surface area contributed by atoms with Crippen molar-refractivity contribution in [2.24, 2.45) is 0 Å². The van der Waals surface area contributed by atoms with Crippen molar-refractivity contribution in [2.75, 3.05) is 19.6 Å². The average molecular weight is 299 g/mol. The van der Waals surface area contributed by atoms with Gasteiger partial charge in [-0.1, -0.05) is 0 Å². The average Bonchev–Trinajstić information content (AvgIpc) is 2.40. The number of hydrogen-bond acceptors (Lipinski definition) is 5. The third kappa shape index (κ3) is 5.09. The quantitative estimate of drug-likeness (QED) is 0.391. The van der Waals surface area contributed by atoms with Crippen LogP contribution in [0.25, 0.3) is 0 Å². The number of nitrogens with one attached hydrogen (secondary N) is 2. The fourth-order valence-corrected chi connectivity index (χ4v) is 1.69. The number of nitro benzene ring substituents is 1. The highest BCUT2D eigenvalue weighted by Crippen LogP contribution is 2.20. The van der Waals surface area contributed by atoms with Gasteiger partial charge in [0.15, 0.2) is 0 Å². The van der Waals surface area contributed by atoms with Crippen LogP contribution in [0.1, 0.15) is 22.8 Å². The molecule has 0 spiro atoms. The number of hydrogen-bond donors (Lipinski definition) is 3. The largest absolute Gasteiger partial charge is 0.392 e. The molecular formula is C13H18FN3O4. The van der Waals surface area contributed by atoms with Crippen LogP contribution in [-0.4, -0.2) is 41.7 Å². The number of nitro groups is 1. The molecule has 1 atom stereocenters. The van der Waals surface area contributed by atoms with E-state index in [1.54, 1.807) is 6.92 Å². The molecule has 7 nitrogen and oxygen atoms in total. The van der Waals surface area contributed by atoms with Gasteiger partial charge in [-0.25, -0.2) is 4.39 Å². The minimum Gasteiger partial charge on any atom is -0.392 e. The molecule has 0 radical (unpaired) electrons. The molecule has 0 heterocycles. The number of amides is 1. The minimum atomic E-state index is -0.768. The molecule has 0 saturated carbocycles. The Balaban J connectivity index is 2.67. The number of aryl methyl sites for hydroxylation is 1. The van der Waals surface area contributed by atoms with Crippen molar-refractivity contribution >= 4 is 11.6 Å². The van der Waals surface area contributed by atoms with E-state index in [4.69, 9.17) is 5.11 Å². The van der Waals surface area contributed by atoms with E-state index in [9.17, 15) is 19.3 Å². The van der Waals surface area contributed by atoms with Crippen LogP contribution in [0.2, 0.25) is 0 Å². The van der Waals surface area contributed by atoms with Gasteiger partial charge in [-0.15, -0.1) is 0 Å². The summed E-state index contributed by atoms with van der Waals surface area (Å²) in [6, 6.07) is 2.00. The number of nitrogens with zero attached hydrogens (tertiary/aromatic N) is 1. The van der Waals surface area contributed by atoms with E-state index in [0.29, 0.717) is 13.1 Å². The summed E-state index contributed by atoms with van der Waals surface area (Å²) in [4.78, 5) is 21.9. The second-order valence-corrected chi connectivity index (χ2v) is 4.69. The fraction of sp³-hybridized carbons (Fsp3) is 0.462. The molecule has 8 heteroatoms. The smallest absolute Gasteiger partial charge is 0.270 e. The third-order valence-electron chi connectivity index (χ3n) is 2.72. The molecule has 0 bridgehead atoms. The molecule has 1 unspecified atom stereocenters. The lowest BCUT2D eigenvalue weighted by atomic mass is 10.1. The number of halogens is 1. The van der Waals surface area contributed by atoms with Crippen LogP contribution in [0.15, 0.2) is 12.1 Å². The van der Waals surface area contributed by atoms with Gasteiger partial charge < -0.3 is 15.7 Å². The highest BCUT2D eigenvalue weighted by molar-refractivity contribution is 5.95. The molecule has 0 aliphatic rings. The van der Waals surface area contributed by atoms with Gasteiger partial charge in [0.25, 0.3) is 11.6 Å². The lowest BCUT2D eigenvalue weighted by molar-refractivity contribution is -0.385. The summed E-state index contributed by atoms with van der Waals surface area (Å²) < 4.78 is 13.8. The Labute approximate surface area is 121 Å². The lowest BCUT2D eigenvalue weighted by Gasteiger charge is -2.09. The van der Waals surface area contributed by atoms with Gasteiger partial charge >= 0.3 is 0 Å². The number of rotatable bonds is 7. The van der Waals surface area contributed by atoms with Crippen LogP contribution < -0.4 is 10.6 Å². The zero-order chi connectivity index (χ0) is 16.0. The van der Waals surface area contributed by atoms with Crippen LogP contribution in [0.4, 0.5) is 10.1 Å². The second-order valence-electron chi connectivity index (χ2n) is 4.69. The monoisotopic (exact) mass is 299 g/mol. The minimum absolute atomic E-state index is 0.0431. The predicted molar refractivity (Wildman–Crippen MR) is 74.7 cm³/mol. The molecule has 1 aromatic rings. The van der Waals surface area contributed by atoms with E-state index in [2.05, 4.69) is 10.6 Å². The van der Waals surface area contributed by atoms with Crippen LogP contribution in [0.3, 0.4) is 0 Å². The lowest BCUT2D eigenvalue weighted by Crippen LogP contribution is -2.34. The van der Waals surface area contributed by atoms with Gasteiger partial charge in [-0.05, 0) is 19.4 Å². The first kappa shape index (κ1) is 17.0. The van der Waals surface area contributed by atoms with Crippen molar-refractivity contribution in [3.8, 4) is 0 Å². The summed E-state index contributed by atoms with van der Waals surface area (Å²) in [5.41, 5.74) is -0.634. The first-order chi connectivity index (χ1) is 9.82. The summed E-state index contributed by atoms with van der Waals surface area (Å²) in [6.07, 6.45) is -0.502. The number of aliphatic hydroxyl groups is 1. The fourth-order valence-electron chi connectivity index (χ4n) is 1.69. The maximum atomic E-state index is 13.8. The summed E-state index contributed by atoms with van der Waals surface area (Å²) >= 11 is 0. The second kappa shape index (κ2) is 7.65. The normalized spacial score (nSPS) is 12.0. The molecule has 21 heavy (non-hydrogen) atoms. The maximum Gasteiger partial charge on any atom is 0.270 e. The van der Waals surface area contributed by atoms with E-state index in [-0.39, 0.29) is 23.4 Å².